The number of rotatable bonds is 2. The molecular formula is C11H13FN4O4. The summed E-state index contributed by atoms with van der Waals surface area (Å²) < 4.78 is 20.0. The third kappa shape index (κ3) is 1.83. The lowest BCUT2D eigenvalue weighted by Crippen LogP contribution is -2.33. The van der Waals surface area contributed by atoms with Crippen molar-refractivity contribution in [1.82, 2.24) is 14.5 Å². The number of nitrogens with zero attached hydrogens (tertiary/aromatic N) is 3. The number of nitrogens with two attached hydrogens (primary N) is 1. The van der Waals surface area contributed by atoms with Gasteiger partial charge < -0.3 is 30.4 Å². The molecule has 1 aliphatic rings. The van der Waals surface area contributed by atoms with Crippen molar-refractivity contribution in [3.05, 3.63) is 18.3 Å². The van der Waals surface area contributed by atoms with Crippen molar-refractivity contribution < 1.29 is 24.4 Å². The van der Waals surface area contributed by atoms with Crippen LogP contribution in [-0.2, 0) is 4.74 Å². The van der Waals surface area contributed by atoms with Gasteiger partial charge in [0.1, 0.15) is 23.8 Å². The van der Waals surface area contributed by atoms with E-state index in [2.05, 4.69) is 9.97 Å². The highest BCUT2D eigenvalue weighted by Crippen LogP contribution is 2.32. The Morgan fingerprint density at radius 1 is 1.40 bits per heavy atom. The van der Waals surface area contributed by atoms with Crippen LogP contribution in [0.3, 0.4) is 0 Å². The first kappa shape index (κ1) is 13.2. The molecule has 4 atom stereocenters. The molecule has 8 nitrogen and oxygen atoms in total. The molecule has 0 unspecified atom stereocenters. The fraction of sp³-hybridized carbons (Fsp3) is 0.455. The average molecular weight is 284 g/mol. The van der Waals surface area contributed by atoms with Crippen molar-refractivity contribution >= 4 is 16.9 Å². The van der Waals surface area contributed by atoms with E-state index in [0.717, 1.165) is 6.07 Å². The Bertz CT molecular complexity index is 649. The summed E-state index contributed by atoms with van der Waals surface area (Å²) in [5.41, 5.74) is 6.11. The number of nitrogen functional groups attached to an aromatic ring is 1. The Labute approximate surface area is 112 Å². The van der Waals surface area contributed by atoms with Gasteiger partial charge in [-0.15, -0.1) is 0 Å². The van der Waals surface area contributed by atoms with Crippen molar-refractivity contribution in [3.63, 3.8) is 0 Å². The first-order valence-electron chi connectivity index (χ1n) is 5.94. The molecule has 0 spiro atoms. The molecular weight excluding hydrogens is 271 g/mol. The fourth-order valence-electron chi connectivity index (χ4n) is 2.34. The van der Waals surface area contributed by atoms with Crippen molar-refractivity contribution in [2.45, 2.75) is 24.5 Å². The first-order valence-corrected chi connectivity index (χ1v) is 5.94. The molecule has 3 rings (SSSR count). The number of halogens is 1. The molecule has 108 valence electrons. The number of aliphatic hydroxyl groups excluding tert-OH is 3. The van der Waals surface area contributed by atoms with Gasteiger partial charge in [-0.3, -0.25) is 0 Å². The molecule has 0 aliphatic carbocycles. The normalized spacial score (nSPS) is 30.2. The van der Waals surface area contributed by atoms with E-state index in [-0.39, 0.29) is 16.9 Å². The van der Waals surface area contributed by atoms with Gasteiger partial charge >= 0.3 is 0 Å². The summed E-state index contributed by atoms with van der Waals surface area (Å²) in [7, 11) is 0. The molecule has 0 saturated carbocycles. The molecule has 9 heteroatoms. The van der Waals surface area contributed by atoms with Gasteiger partial charge in [0.25, 0.3) is 0 Å². The van der Waals surface area contributed by atoms with Gasteiger partial charge in [-0.05, 0) is 0 Å². The molecule has 1 aliphatic heterocycles. The number of imidazole rings is 1. The summed E-state index contributed by atoms with van der Waals surface area (Å²) in [5.74, 6) is -0.867. The second-order valence-electron chi connectivity index (χ2n) is 4.58. The van der Waals surface area contributed by atoms with Gasteiger partial charge in [0, 0.05) is 6.07 Å². The topological polar surface area (TPSA) is 127 Å². The van der Waals surface area contributed by atoms with Crippen molar-refractivity contribution in [2.24, 2.45) is 0 Å². The molecule has 5 N–H and O–H groups in total. The molecule has 0 aromatic carbocycles. The number of aliphatic hydroxyl groups is 3. The summed E-state index contributed by atoms with van der Waals surface area (Å²) in [6, 6.07) is 1.10. The van der Waals surface area contributed by atoms with Crippen molar-refractivity contribution in [1.29, 1.82) is 0 Å². The highest BCUT2D eigenvalue weighted by Gasteiger charge is 2.43. The van der Waals surface area contributed by atoms with Crippen LogP contribution in [0.25, 0.3) is 11.0 Å². The maximum Gasteiger partial charge on any atom is 0.217 e. The molecule has 0 bridgehead atoms. The third-order valence-electron chi connectivity index (χ3n) is 3.35. The van der Waals surface area contributed by atoms with E-state index in [1.807, 2.05) is 0 Å². The molecule has 1 saturated heterocycles. The SMILES string of the molecule is Nc1nc(F)cc2c1ncn2[C@H]1O[C@H](CO)[C@H](O)[C@@H]1O. The maximum absolute atomic E-state index is 13.3. The number of fused-ring (bicyclic) bond motifs is 1. The standard InChI is InChI=1S/C11H13FN4O4/c12-6-1-4-7(10(13)15-6)14-3-16(4)11-9(19)8(18)5(2-17)20-11/h1,3,5,8-9,11,17-19H,2H2,(H2,13,15)/t5-,8+,9+,11+/m1/s1. The largest absolute Gasteiger partial charge is 0.394 e. The second-order valence-corrected chi connectivity index (χ2v) is 4.58. The molecule has 2 aromatic rings. The Kier molecular flexibility index (Phi) is 3.05. The van der Waals surface area contributed by atoms with Crippen LogP contribution in [0.5, 0.6) is 0 Å². The van der Waals surface area contributed by atoms with Crippen LogP contribution in [0.1, 0.15) is 6.23 Å². The zero-order chi connectivity index (χ0) is 14.4. The highest BCUT2D eigenvalue weighted by atomic mass is 19.1. The molecule has 1 fully saturated rings. The number of anilines is 1. The number of ether oxygens (including phenoxy) is 1. The maximum atomic E-state index is 13.3. The molecule has 20 heavy (non-hydrogen) atoms. The van der Waals surface area contributed by atoms with Gasteiger partial charge in [-0.25, -0.2) is 9.97 Å². The monoisotopic (exact) mass is 284 g/mol. The third-order valence-corrected chi connectivity index (χ3v) is 3.35. The summed E-state index contributed by atoms with van der Waals surface area (Å²) in [6.45, 7) is -0.445. The lowest BCUT2D eigenvalue weighted by molar-refractivity contribution is -0.0509. The van der Waals surface area contributed by atoms with E-state index in [1.54, 1.807) is 0 Å². The number of hydrogen-bond acceptors (Lipinski definition) is 7. The summed E-state index contributed by atoms with van der Waals surface area (Å²) in [5, 5.41) is 28.7. The van der Waals surface area contributed by atoms with E-state index in [4.69, 9.17) is 15.6 Å². The smallest absolute Gasteiger partial charge is 0.217 e. The van der Waals surface area contributed by atoms with Crippen LogP contribution in [0.4, 0.5) is 10.2 Å². The van der Waals surface area contributed by atoms with Gasteiger partial charge in [0.15, 0.2) is 12.0 Å². The van der Waals surface area contributed by atoms with Crippen LogP contribution in [0.15, 0.2) is 12.4 Å². The van der Waals surface area contributed by atoms with Gasteiger partial charge in [0.2, 0.25) is 5.95 Å². The Morgan fingerprint density at radius 2 is 2.15 bits per heavy atom. The zero-order valence-electron chi connectivity index (χ0n) is 10.2. The van der Waals surface area contributed by atoms with E-state index in [9.17, 15) is 14.6 Å². The fourth-order valence-corrected chi connectivity index (χ4v) is 2.34. The number of pyridine rings is 1. The molecule has 3 heterocycles. The van der Waals surface area contributed by atoms with Gasteiger partial charge in [-0.1, -0.05) is 0 Å². The minimum atomic E-state index is -1.28. The lowest BCUT2D eigenvalue weighted by Gasteiger charge is -2.17. The van der Waals surface area contributed by atoms with E-state index in [1.165, 1.54) is 10.9 Å². The predicted molar refractivity (Wildman–Crippen MR) is 64.9 cm³/mol. The van der Waals surface area contributed by atoms with E-state index in [0.29, 0.717) is 0 Å². The lowest BCUT2D eigenvalue weighted by atomic mass is 10.1. The molecule has 2 aromatic heterocycles. The van der Waals surface area contributed by atoms with Crippen LogP contribution < -0.4 is 5.73 Å². The Morgan fingerprint density at radius 3 is 2.80 bits per heavy atom. The van der Waals surface area contributed by atoms with Crippen LogP contribution >= 0.6 is 0 Å². The highest BCUT2D eigenvalue weighted by molar-refractivity contribution is 5.84. The Balaban J connectivity index is 2.07. The quantitative estimate of drug-likeness (QED) is 0.508. The van der Waals surface area contributed by atoms with Crippen molar-refractivity contribution in [3.8, 4) is 0 Å². The van der Waals surface area contributed by atoms with Crippen LogP contribution in [0, 0.1) is 5.95 Å². The zero-order valence-corrected chi connectivity index (χ0v) is 10.2. The summed E-state index contributed by atoms with van der Waals surface area (Å²) >= 11 is 0. The first-order chi connectivity index (χ1) is 9.52. The summed E-state index contributed by atoms with van der Waals surface area (Å²) in [6.07, 6.45) is -3.12. The van der Waals surface area contributed by atoms with Crippen LogP contribution in [0.2, 0.25) is 0 Å². The summed E-state index contributed by atoms with van der Waals surface area (Å²) in [4.78, 5) is 7.44. The minimum absolute atomic E-state index is 0.0782. The van der Waals surface area contributed by atoms with Crippen LogP contribution in [-0.4, -0.2) is 54.8 Å². The Hall–Kier alpha value is -1.81. The van der Waals surface area contributed by atoms with Crippen molar-refractivity contribution in [2.75, 3.05) is 12.3 Å². The van der Waals surface area contributed by atoms with Gasteiger partial charge in [-0.2, -0.15) is 4.39 Å². The second kappa shape index (κ2) is 4.63. The molecule has 0 amide bonds. The minimum Gasteiger partial charge on any atom is -0.394 e. The predicted octanol–water partition coefficient (Wildman–Crippen LogP) is -1.24. The molecule has 0 radical (unpaired) electrons. The van der Waals surface area contributed by atoms with E-state index >= 15 is 0 Å². The van der Waals surface area contributed by atoms with Gasteiger partial charge in [0.05, 0.1) is 18.5 Å². The van der Waals surface area contributed by atoms with E-state index < -0.39 is 37.1 Å². The number of aromatic nitrogens is 3. The average Bonchev–Trinajstić information content (AvgIpc) is 2.93. The number of hydrogen-bond donors (Lipinski definition) is 4.